The molecule has 1 saturated carbocycles. The molecule has 1 aromatic carbocycles. The SMILES string of the molecule is CNC1(c2ccccc2)CCC2(CC1)CN(c1cnc(N3CCOCC3)c(C(F)(F)F)c1)C(O)N2. The van der Waals surface area contributed by atoms with E-state index < -0.39 is 18.1 Å². The van der Waals surface area contributed by atoms with Crippen molar-refractivity contribution >= 4 is 11.5 Å². The van der Waals surface area contributed by atoms with Crippen LogP contribution in [0, 0.1) is 0 Å². The molecule has 2 aliphatic heterocycles. The van der Waals surface area contributed by atoms with Gasteiger partial charge in [0.1, 0.15) is 11.4 Å². The first-order valence-electron chi connectivity index (χ1n) is 12.1. The Kier molecular flexibility index (Phi) is 6.41. The van der Waals surface area contributed by atoms with Crippen LogP contribution in [-0.2, 0) is 16.5 Å². The minimum atomic E-state index is -4.56. The first kappa shape index (κ1) is 24.3. The highest BCUT2D eigenvalue weighted by Crippen LogP contribution is 2.45. The molecule has 3 heterocycles. The van der Waals surface area contributed by atoms with Crippen molar-refractivity contribution < 1.29 is 23.0 Å². The van der Waals surface area contributed by atoms with Crippen molar-refractivity contribution in [3.63, 3.8) is 0 Å². The number of nitrogens with zero attached hydrogens (tertiary/aromatic N) is 3. The molecular formula is C25H32F3N5O2. The van der Waals surface area contributed by atoms with Crippen LogP contribution in [-0.4, -0.2) is 61.9 Å². The Morgan fingerprint density at radius 2 is 1.80 bits per heavy atom. The number of aliphatic hydroxyl groups excluding tert-OH is 1. The van der Waals surface area contributed by atoms with Crippen LogP contribution in [0.15, 0.2) is 42.6 Å². The molecule has 1 unspecified atom stereocenters. The van der Waals surface area contributed by atoms with Gasteiger partial charge in [0.25, 0.3) is 0 Å². The van der Waals surface area contributed by atoms with Gasteiger partial charge in [-0.1, -0.05) is 30.3 Å². The molecule has 1 spiro atoms. The van der Waals surface area contributed by atoms with Gasteiger partial charge in [-0.2, -0.15) is 13.2 Å². The number of aliphatic hydroxyl groups is 1. The van der Waals surface area contributed by atoms with Gasteiger partial charge in [0.05, 0.1) is 25.1 Å². The van der Waals surface area contributed by atoms with Gasteiger partial charge in [0.15, 0.2) is 6.35 Å². The van der Waals surface area contributed by atoms with E-state index in [0.717, 1.165) is 31.7 Å². The van der Waals surface area contributed by atoms with E-state index in [1.807, 2.05) is 25.2 Å². The zero-order valence-corrected chi connectivity index (χ0v) is 19.8. The summed E-state index contributed by atoms with van der Waals surface area (Å²) in [6.45, 7) is 1.88. The zero-order chi connectivity index (χ0) is 24.7. The number of morpholine rings is 1. The lowest BCUT2D eigenvalue weighted by Crippen LogP contribution is -2.54. The monoisotopic (exact) mass is 491 g/mol. The molecule has 1 aliphatic carbocycles. The van der Waals surface area contributed by atoms with Gasteiger partial charge in [-0.3, -0.25) is 5.32 Å². The maximum Gasteiger partial charge on any atom is 0.420 e. The lowest BCUT2D eigenvalue weighted by molar-refractivity contribution is -0.137. The number of pyridine rings is 1. The predicted octanol–water partition coefficient (Wildman–Crippen LogP) is 3.05. The quantitative estimate of drug-likeness (QED) is 0.607. The smallest absolute Gasteiger partial charge is 0.378 e. The third-order valence-electron chi connectivity index (χ3n) is 7.87. The molecule has 0 bridgehead atoms. The molecule has 1 aromatic heterocycles. The lowest BCUT2D eigenvalue weighted by Gasteiger charge is -2.45. The maximum absolute atomic E-state index is 14.0. The molecular weight excluding hydrogens is 459 g/mol. The Hall–Kier alpha value is -2.40. The Labute approximate surface area is 203 Å². The van der Waals surface area contributed by atoms with E-state index in [9.17, 15) is 18.3 Å². The van der Waals surface area contributed by atoms with E-state index in [1.54, 1.807) is 9.80 Å². The Balaban J connectivity index is 1.37. The van der Waals surface area contributed by atoms with Crippen molar-refractivity contribution in [3.05, 3.63) is 53.7 Å². The standard InChI is InChI=1S/C25H32F3N5O2/c1-29-24(18-5-3-2-4-6-18)9-7-23(8-10-24)17-33(22(34)31-23)19-15-20(25(26,27)28)21(30-16-19)32-11-13-35-14-12-32/h2-6,15-16,22,29,31,34H,7-14,17H2,1H3. The number of halogens is 3. The Morgan fingerprint density at radius 3 is 2.43 bits per heavy atom. The molecule has 190 valence electrons. The van der Waals surface area contributed by atoms with Gasteiger partial charge < -0.3 is 25.0 Å². The molecule has 3 N–H and O–H groups in total. The fraction of sp³-hybridized carbons (Fsp3) is 0.560. The van der Waals surface area contributed by atoms with Gasteiger partial charge in [0, 0.05) is 30.7 Å². The summed E-state index contributed by atoms with van der Waals surface area (Å²) in [6, 6.07) is 11.4. The lowest BCUT2D eigenvalue weighted by atomic mass is 9.69. The van der Waals surface area contributed by atoms with Crippen LogP contribution in [0.3, 0.4) is 0 Å². The molecule has 5 rings (SSSR count). The first-order chi connectivity index (χ1) is 16.8. The summed E-state index contributed by atoms with van der Waals surface area (Å²) in [5.74, 6) is -0.0831. The number of hydrogen-bond donors (Lipinski definition) is 3. The van der Waals surface area contributed by atoms with Crippen molar-refractivity contribution in [2.45, 2.75) is 49.3 Å². The molecule has 1 atom stereocenters. The number of rotatable bonds is 4. The highest BCUT2D eigenvalue weighted by Gasteiger charge is 2.49. The van der Waals surface area contributed by atoms with Crippen LogP contribution in [0.1, 0.15) is 36.8 Å². The second-order valence-corrected chi connectivity index (χ2v) is 9.79. The second-order valence-electron chi connectivity index (χ2n) is 9.79. The number of benzene rings is 1. The normalized spacial score (nSPS) is 29.7. The number of hydrogen-bond acceptors (Lipinski definition) is 7. The molecule has 0 amide bonds. The molecule has 3 fully saturated rings. The van der Waals surface area contributed by atoms with Crippen molar-refractivity contribution in [3.8, 4) is 0 Å². The number of anilines is 2. The number of ether oxygens (including phenoxy) is 1. The van der Waals surface area contributed by atoms with Gasteiger partial charge in [0.2, 0.25) is 0 Å². The van der Waals surface area contributed by atoms with Crippen LogP contribution in [0.2, 0.25) is 0 Å². The van der Waals surface area contributed by atoms with Gasteiger partial charge in [-0.25, -0.2) is 4.98 Å². The third-order valence-corrected chi connectivity index (χ3v) is 7.87. The first-order valence-corrected chi connectivity index (χ1v) is 12.1. The molecule has 2 saturated heterocycles. The van der Waals surface area contributed by atoms with Crippen molar-refractivity contribution in [1.29, 1.82) is 0 Å². The summed E-state index contributed by atoms with van der Waals surface area (Å²) in [5.41, 5.74) is 0.171. The Morgan fingerprint density at radius 1 is 1.11 bits per heavy atom. The summed E-state index contributed by atoms with van der Waals surface area (Å²) in [6.07, 6.45) is -0.935. The summed E-state index contributed by atoms with van der Waals surface area (Å²) in [4.78, 5) is 7.42. The minimum absolute atomic E-state index is 0.0831. The molecule has 10 heteroatoms. The van der Waals surface area contributed by atoms with E-state index >= 15 is 0 Å². The molecule has 7 nitrogen and oxygen atoms in total. The van der Waals surface area contributed by atoms with Gasteiger partial charge in [-0.05, 0) is 44.4 Å². The highest BCUT2D eigenvalue weighted by molar-refractivity contribution is 5.58. The van der Waals surface area contributed by atoms with E-state index in [4.69, 9.17) is 4.74 Å². The minimum Gasteiger partial charge on any atom is -0.378 e. The molecule has 3 aliphatic rings. The van der Waals surface area contributed by atoms with E-state index in [2.05, 4.69) is 27.8 Å². The van der Waals surface area contributed by atoms with Crippen LogP contribution in [0.5, 0.6) is 0 Å². The number of alkyl halides is 3. The average Bonchev–Trinajstić information content (AvgIpc) is 3.20. The van der Waals surface area contributed by atoms with Crippen LogP contribution < -0.4 is 20.4 Å². The summed E-state index contributed by atoms with van der Waals surface area (Å²) < 4.78 is 47.3. The fourth-order valence-corrected chi connectivity index (χ4v) is 5.78. The number of aromatic nitrogens is 1. The third kappa shape index (κ3) is 4.60. The predicted molar refractivity (Wildman–Crippen MR) is 127 cm³/mol. The summed E-state index contributed by atoms with van der Waals surface area (Å²) in [7, 11) is 1.97. The van der Waals surface area contributed by atoms with Crippen molar-refractivity contribution in [1.82, 2.24) is 15.6 Å². The summed E-state index contributed by atoms with van der Waals surface area (Å²) >= 11 is 0. The second kappa shape index (κ2) is 9.24. The van der Waals surface area contributed by atoms with Crippen molar-refractivity contribution in [2.75, 3.05) is 49.7 Å². The largest absolute Gasteiger partial charge is 0.420 e. The fourth-order valence-electron chi connectivity index (χ4n) is 5.78. The van der Waals surface area contributed by atoms with Crippen LogP contribution >= 0.6 is 0 Å². The maximum atomic E-state index is 14.0. The molecule has 0 radical (unpaired) electrons. The van der Waals surface area contributed by atoms with E-state index in [0.29, 0.717) is 32.8 Å². The Bertz CT molecular complexity index is 1020. The van der Waals surface area contributed by atoms with E-state index in [1.165, 1.54) is 11.8 Å². The highest BCUT2D eigenvalue weighted by atomic mass is 19.4. The van der Waals surface area contributed by atoms with Gasteiger partial charge >= 0.3 is 6.18 Å². The zero-order valence-electron chi connectivity index (χ0n) is 19.8. The van der Waals surface area contributed by atoms with Crippen molar-refractivity contribution in [2.24, 2.45) is 0 Å². The van der Waals surface area contributed by atoms with E-state index in [-0.39, 0.29) is 22.6 Å². The average molecular weight is 492 g/mol. The van der Waals surface area contributed by atoms with Crippen LogP contribution in [0.25, 0.3) is 0 Å². The number of nitrogens with one attached hydrogen (secondary N) is 2. The topological polar surface area (TPSA) is 72.9 Å². The van der Waals surface area contributed by atoms with Gasteiger partial charge in [-0.15, -0.1) is 0 Å². The molecule has 35 heavy (non-hydrogen) atoms. The molecule has 2 aromatic rings. The summed E-state index contributed by atoms with van der Waals surface area (Å²) in [5, 5.41) is 17.6. The van der Waals surface area contributed by atoms with Crippen LogP contribution in [0.4, 0.5) is 24.7 Å².